The Kier molecular flexibility index (Phi) is 4.06. The van der Waals surface area contributed by atoms with Crippen molar-refractivity contribution in [3.8, 4) is 0 Å². The van der Waals surface area contributed by atoms with E-state index in [1.54, 1.807) is 6.92 Å². The van der Waals surface area contributed by atoms with Crippen LogP contribution in [0.5, 0.6) is 0 Å². The zero-order valence-corrected chi connectivity index (χ0v) is 13.3. The fourth-order valence-electron chi connectivity index (χ4n) is 2.52. The molecule has 0 saturated carbocycles. The minimum absolute atomic E-state index is 0.0441. The molecule has 0 fully saturated rings. The predicted octanol–water partition coefficient (Wildman–Crippen LogP) is 3.15. The third-order valence-corrected chi connectivity index (χ3v) is 3.68. The first kappa shape index (κ1) is 15.1. The lowest BCUT2D eigenvalue weighted by atomic mass is 10.0. The minimum atomic E-state index is -0.436. The van der Waals surface area contributed by atoms with E-state index in [4.69, 9.17) is 9.15 Å². The molecule has 6 nitrogen and oxygen atoms in total. The molecule has 0 radical (unpaired) electrons. The van der Waals surface area contributed by atoms with Crippen molar-refractivity contribution in [3.63, 3.8) is 0 Å². The number of fused-ring (bicyclic) bond motifs is 1. The van der Waals surface area contributed by atoms with Crippen molar-refractivity contribution >= 4 is 16.9 Å². The van der Waals surface area contributed by atoms with Crippen LogP contribution in [0, 0.1) is 13.8 Å². The van der Waals surface area contributed by atoms with Crippen molar-refractivity contribution in [2.75, 3.05) is 0 Å². The van der Waals surface area contributed by atoms with Crippen molar-refractivity contribution < 1.29 is 13.9 Å². The van der Waals surface area contributed by atoms with Crippen LogP contribution < -0.4 is 0 Å². The van der Waals surface area contributed by atoms with Gasteiger partial charge in [-0.1, -0.05) is 25.1 Å². The number of benzene rings is 1. The number of aryl methyl sites for hydroxylation is 3. The van der Waals surface area contributed by atoms with Crippen LogP contribution in [-0.2, 0) is 17.8 Å². The lowest BCUT2D eigenvalue weighted by Gasteiger charge is -2.11. The van der Waals surface area contributed by atoms with E-state index in [-0.39, 0.29) is 6.61 Å². The SMILES string of the molecule is CCc1nnc(COC(=O)c2c(C)nc3ccccc3c2C)o1. The van der Waals surface area contributed by atoms with E-state index in [2.05, 4.69) is 15.2 Å². The molecule has 0 saturated heterocycles. The van der Waals surface area contributed by atoms with Gasteiger partial charge in [0, 0.05) is 11.8 Å². The Hall–Kier alpha value is -2.76. The normalized spacial score (nSPS) is 10.9. The van der Waals surface area contributed by atoms with Crippen molar-refractivity contribution in [1.29, 1.82) is 0 Å². The van der Waals surface area contributed by atoms with E-state index in [0.29, 0.717) is 29.5 Å². The van der Waals surface area contributed by atoms with Crippen molar-refractivity contribution in [2.45, 2.75) is 33.8 Å². The number of ether oxygens (including phenoxy) is 1. The topological polar surface area (TPSA) is 78.1 Å². The first-order valence-electron chi connectivity index (χ1n) is 7.44. The molecule has 0 unspecified atom stereocenters. The van der Waals surface area contributed by atoms with Gasteiger partial charge >= 0.3 is 5.97 Å². The zero-order valence-electron chi connectivity index (χ0n) is 13.3. The highest BCUT2D eigenvalue weighted by atomic mass is 16.5. The van der Waals surface area contributed by atoms with Gasteiger partial charge in [-0.05, 0) is 25.5 Å². The van der Waals surface area contributed by atoms with E-state index in [1.807, 2.05) is 38.1 Å². The second kappa shape index (κ2) is 6.16. The van der Waals surface area contributed by atoms with Crippen LogP contribution in [0.2, 0.25) is 0 Å². The average molecular weight is 311 g/mol. The van der Waals surface area contributed by atoms with Crippen LogP contribution in [0.15, 0.2) is 28.7 Å². The first-order chi connectivity index (χ1) is 11.1. The molecule has 0 aliphatic rings. The molecule has 0 aliphatic heterocycles. The third kappa shape index (κ3) is 2.92. The van der Waals surface area contributed by atoms with E-state index in [1.165, 1.54) is 0 Å². The van der Waals surface area contributed by atoms with Crippen molar-refractivity contribution in [3.05, 3.63) is 52.9 Å². The van der Waals surface area contributed by atoms with Gasteiger partial charge in [0.1, 0.15) is 0 Å². The maximum atomic E-state index is 12.4. The molecule has 2 heterocycles. The molecular formula is C17H17N3O3. The molecule has 0 amide bonds. The summed E-state index contributed by atoms with van der Waals surface area (Å²) in [5.74, 6) is 0.379. The van der Waals surface area contributed by atoms with Crippen LogP contribution >= 0.6 is 0 Å². The maximum Gasteiger partial charge on any atom is 0.340 e. The Morgan fingerprint density at radius 2 is 1.91 bits per heavy atom. The predicted molar refractivity (Wildman–Crippen MR) is 84.0 cm³/mol. The first-order valence-corrected chi connectivity index (χ1v) is 7.44. The van der Waals surface area contributed by atoms with Gasteiger partial charge in [0.2, 0.25) is 5.89 Å². The lowest BCUT2D eigenvalue weighted by Crippen LogP contribution is -2.11. The van der Waals surface area contributed by atoms with Crippen LogP contribution in [0.3, 0.4) is 0 Å². The minimum Gasteiger partial charge on any atom is -0.452 e. The molecule has 0 N–H and O–H groups in total. The lowest BCUT2D eigenvalue weighted by molar-refractivity contribution is 0.0434. The Labute approximate surface area is 133 Å². The molecule has 1 aromatic carbocycles. The number of carbonyl (C=O) groups excluding carboxylic acids is 1. The second-order valence-electron chi connectivity index (χ2n) is 5.23. The highest BCUT2D eigenvalue weighted by Gasteiger charge is 2.18. The number of aromatic nitrogens is 3. The van der Waals surface area contributed by atoms with Gasteiger partial charge < -0.3 is 9.15 Å². The van der Waals surface area contributed by atoms with Gasteiger partial charge in [0.25, 0.3) is 5.89 Å². The Morgan fingerprint density at radius 1 is 1.17 bits per heavy atom. The van der Waals surface area contributed by atoms with E-state index in [0.717, 1.165) is 16.5 Å². The van der Waals surface area contributed by atoms with Crippen LogP contribution in [0.25, 0.3) is 10.9 Å². The molecule has 23 heavy (non-hydrogen) atoms. The van der Waals surface area contributed by atoms with Gasteiger partial charge in [0.05, 0.1) is 16.8 Å². The smallest absolute Gasteiger partial charge is 0.340 e. The number of hydrogen-bond acceptors (Lipinski definition) is 6. The summed E-state index contributed by atoms with van der Waals surface area (Å²) in [5.41, 5.74) is 2.85. The number of pyridine rings is 1. The molecular weight excluding hydrogens is 294 g/mol. The molecule has 0 atom stereocenters. The summed E-state index contributed by atoms with van der Waals surface area (Å²) in [6.07, 6.45) is 0.647. The number of carbonyl (C=O) groups is 1. The number of nitrogens with zero attached hydrogens (tertiary/aromatic N) is 3. The number of esters is 1. The molecule has 3 rings (SSSR count). The molecule has 2 aromatic heterocycles. The molecule has 0 aliphatic carbocycles. The van der Waals surface area contributed by atoms with E-state index < -0.39 is 5.97 Å². The largest absolute Gasteiger partial charge is 0.452 e. The summed E-state index contributed by atoms with van der Waals surface area (Å²) >= 11 is 0. The molecule has 6 heteroatoms. The molecule has 3 aromatic rings. The standard InChI is InChI=1S/C17H17N3O3/c1-4-14-19-20-15(23-14)9-22-17(21)16-10(2)12-7-5-6-8-13(12)18-11(16)3/h5-8H,4,9H2,1-3H3. The Morgan fingerprint density at radius 3 is 2.65 bits per heavy atom. The van der Waals surface area contributed by atoms with Crippen molar-refractivity contribution in [2.24, 2.45) is 0 Å². The third-order valence-electron chi connectivity index (χ3n) is 3.68. The summed E-state index contributed by atoms with van der Waals surface area (Å²) in [7, 11) is 0. The number of hydrogen-bond donors (Lipinski definition) is 0. The second-order valence-corrected chi connectivity index (χ2v) is 5.23. The molecule has 0 spiro atoms. The van der Waals surface area contributed by atoms with Gasteiger partial charge in [-0.25, -0.2) is 4.79 Å². The Bertz CT molecular complexity index is 871. The van der Waals surface area contributed by atoms with Gasteiger partial charge in [-0.2, -0.15) is 0 Å². The highest BCUT2D eigenvalue weighted by Crippen LogP contribution is 2.23. The summed E-state index contributed by atoms with van der Waals surface area (Å²) in [6, 6.07) is 7.72. The van der Waals surface area contributed by atoms with Gasteiger partial charge in [-0.3, -0.25) is 4.98 Å². The van der Waals surface area contributed by atoms with Crippen molar-refractivity contribution in [1.82, 2.24) is 15.2 Å². The maximum absolute atomic E-state index is 12.4. The summed E-state index contributed by atoms with van der Waals surface area (Å²) in [6.45, 7) is 5.57. The fraction of sp³-hybridized carbons (Fsp3) is 0.294. The van der Waals surface area contributed by atoms with E-state index >= 15 is 0 Å². The summed E-state index contributed by atoms with van der Waals surface area (Å²) in [4.78, 5) is 16.9. The fourth-order valence-corrected chi connectivity index (χ4v) is 2.52. The van der Waals surface area contributed by atoms with Crippen LogP contribution in [-0.4, -0.2) is 21.2 Å². The van der Waals surface area contributed by atoms with Gasteiger partial charge in [0.15, 0.2) is 6.61 Å². The van der Waals surface area contributed by atoms with E-state index in [9.17, 15) is 4.79 Å². The molecule has 118 valence electrons. The number of rotatable bonds is 4. The average Bonchev–Trinajstić information content (AvgIpc) is 3.01. The molecule has 0 bridgehead atoms. The summed E-state index contributed by atoms with van der Waals surface area (Å²) in [5, 5.41) is 8.62. The van der Waals surface area contributed by atoms with Crippen LogP contribution in [0.1, 0.15) is 40.3 Å². The summed E-state index contributed by atoms with van der Waals surface area (Å²) < 4.78 is 10.6. The number of para-hydroxylation sites is 1. The Balaban J connectivity index is 1.85. The van der Waals surface area contributed by atoms with Crippen LogP contribution in [0.4, 0.5) is 0 Å². The quantitative estimate of drug-likeness (QED) is 0.689. The highest BCUT2D eigenvalue weighted by molar-refractivity contribution is 5.98. The zero-order chi connectivity index (χ0) is 16.4. The van der Waals surface area contributed by atoms with Gasteiger partial charge in [-0.15, -0.1) is 10.2 Å². The monoisotopic (exact) mass is 311 g/mol.